The Balaban J connectivity index is 1.44. The Hall–Kier alpha value is -1.35. The van der Waals surface area contributed by atoms with Gasteiger partial charge in [-0.15, -0.1) is 0 Å². The van der Waals surface area contributed by atoms with Crippen LogP contribution < -0.4 is 0 Å². The van der Waals surface area contributed by atoms with Crippen LogP contribution in [0.5, 0.6) is 0 Å². The lowest BCUT2D eigenvalue weighted by atomic mass is 9.95. The van der Waals surface area contributed by atoms with Crippen LogP contribution in [0, 0.1) is 5.92 Å². The average molecular weight is 445 g/mol. The summed E-state index contributed by atoms with van der Waals surface area (Å²) in [5.74, 6) is 0.00178. The van der Waals surface area contributed by atoms with Crippen LogP contribution in [0.15, 0.2) is 30.3 Å². The highest BCUT2D eigenvalue weighted by Gasteiger charge is 2.33. The zero-order valence-electron chi connectivity index (χ0n) is 20.7. The molecule has 1 aromatic carbocycles. The lowest BCUT2D eigenvalue weighted by molar-refractivity contribution is -0.171. The Morgan fingerprint density at radius 2 is 1.34 bits per heavy atom. The molecule has 1 fully saturated rings. The number of ether oxygens (including phenoxy) is 2. The van der Waals surface area contributed by atoms with E-state index in [1.54, 1.807) is 0 Å². The summed E-state index contributed by atoms with van der Waals surface area (Å²) < 4.78 is 11.1. The second kappa shape index (κ2) is 18.1. The van der Waals surface area contributed by atoms with Crippen LogP contribution >= 0.6 is 0 Å². The molecule has 2 rings (SSSR count). The normalized spacial score (nSPS) is 16.5. The molecule has 0 spiro atoms. The summed E-state index contributed by atoms with van der Waals surface area (Å²) in [5, 5.41) is 0. The van der Waals surface area contributed by atoms with Crippen LogP contribution in [-0.4, -0.2) is 18.7 Å². The first-order valence-electron chi connectivity index (χ1n) is 13.6. The molecule has 1 aliphatic heterocycles. The van der Waals surface area contributed by atoms with Crippen molar-refractivity contribution in [1.29, 1.82) is 0 Å². The SMILES string of the molecule is CCCCCCCCCCCCCCCCC[C@H](CC1COC1=O)OCc1ccccc1. The molecule has 1 aliphatic rings. The van der Waals surface area contributed by atoms with Crippen molar-refractivity contribution in [1.82, 2.24) is 0 Å². The van der Waals surface area contributed by atoms with E-state index in [9.17, 15) is 4.79 Å². The van der Waals surface area contributed by atoms with Gasteiger partial charge in [-0.25, -0.2) is 0 Å². The first-order chi connectivity index (χ1) is 15.8. The van der Waals surface area contributed by atoms with Gasteiger partial charge >= 0.3 is 5.97 Å². The van der Waals surface area contributed by atoms with Crippen molar-refractivity contribution in [2.24, 2.45) is 5.92 Å². The van der Waals surface area contributed by atoms with Gasteiger partial charge in [0.1, 0.15) is 6.61 Å². The molecule has 0 bridgehead atoms. The highest BCUT2D eigenvalue weighted by Crippen LogP contribution is 2.24. The summed E-state index contributed by atoms with van der Waals surface area (Å²) in [6.07, 6.45) is 22.8. The van der Waals surface area contributed by atoms with E-state index in [-0.39, 0.29) is 18.0 Å². The number of cyclic esters (lactones) is 1. The zero-order valence-corrected chi connectivity index (χ0v) is 20.7. The van der Waals surface area contributed by atoms with Crippen molar-refractivity contribution in [3.8, 4) is 0 Å². The van der Waals surface area contributed by atoms with Gasteiger partial charge in [-0.1, -0.05) is 134 Å². The van der Waals surface area contributed by atoms with Crippen molar-refractivity contribution < 1.29 is 14.3 Å². The molecule has 2 atom stereocenters. The fourth-order valence-corrected chi connectivity index (χ4v) is 4.55. The summed E-state index contributed by atoms with van der Waals surface area (Å²) in [6.45, 7) is 3.49. The zero-order chi connectivity index (χ0) is 22.7. The van der Waals surface area contributed by atoms with E-state index in [0.717, 1.165) is 12.8 Å². The van der Waals surface area contributed by atoms with Gasteiger partial charge < -0.3 is 9.47 Å². The summed E-state index contributed by atoms with van der Waals surface area (Å²) in [7, 11) is 0. The van der Waals surface area contributed by atoms with Gasteiger partial charge in [-0.05, 0) is 18.4 Å². The lowest BCUT2D eigenvalue weighted by Crippen LogP contribution is -2.37. The third kappa shape index (κ3) is 12.6. The van der Waals surface area contributed by atoms with Gasteiger partial charge in [-0.2, -0.15) is 0 Å². The molecule has 1 saturated heterocycles. The largest absolute Gasteiger partial charge is 0.464 e. The van der Waals surface area contributed by atoms with Crippen molar-refractivity contribution in [3.05, 3.63) is 35.9 Å². The predicted octanol–water partition coefficient (Wildman–Crippen LogP) is 8.40. The molecular weight excluding hydrogens is 396 g/mol. The smallest absolute Gasteiger partial charge is 0.312 e. The van der Waals surface area contributed by atoms with Crippen LogP contribution in [0.4, 0.5) is 0 Å². The third-order valence-electron chi connectivity index (χ3n) is 6.77. The number of esters is 1. The fourth-order valence-electron chi connectivity index (χ4n) is 4.55. The highest BCUT2D eigenvalue weighted by atomic mass is 16.6. The van der Waals surface area contributed by atoms with Gasteiger partial charge in [0.15, 0.2) is 0 Å². The number of carbonyl (C=O) groups excluding carboxylic acids is 1. The number of carbonyl (C=O) groups is 1. The predicted molar refractivity (Wildman–Crippen MR) is 134 cm³/mol. The van der Waals surface area contributed by atoms with E-state index in [0.29, 0.717) is 13.2 Å². The number of hydrogen-bond donors (Lipinski definition) is 0. The van der Waals surface area contributed by atoms with E-state index < -0.39 is 0 Å². The highest BCUT2D eigenvalue weighted by molar-refractivity contribution is 5.77. The lowest BCUT2D eigenvalue weighted by Gasteiger charge is -2.28. The number of unbranched alkanes of at least 4 members (excludes halogenated alkanes) is 14. The van der Waals surface area contributed by atoms with E-state index in [1.807, 2.05) is 18.2 Å². The topological polar surface area (TPSA) is 35.5 Å². The first-order valence-corrected chi connectivity index (χ1v) is 13.6. The number of rotatable bonds is 21. The molecule has 0 radical (unpaired) electrons. The summed E-state index contributed by atoms with van der Waals surface area (Å²) in [4.78, 5) is 11.6. The standard InChI is InChI=1S/C29H48O3/c1-2-3-4-5-6-7-8-9-10-11-12-13-14-15-19-22-28(23-27-25-32-29(27)30)31-24-26-20-17-16-18-21-26/h16-18,20-21,27-28H,2-15,19,22-25H2,1H3/t27?,28-/m1/s1. The van der Waals surface area contributed by atoms with E-state index in [1.165, 1.54) is 102 Å². The van der Waals surface area contributed by atoms with E-state index >= 15 is 0 Å². The van der Waals surface area contributed by atoms with E-state index in [2.05, 4.69) is 19.1 Å². The minimum Gasteiger partial charge on any atom is -0.464 e. The molecule has 1 heterocycles. The van der Waals surface area contributed by atoms with Crippen molar-refractivity contribution >= 4 is 5.97 Å². The van der Waals surface area contributed by atoms with Gasteiger partial charge in [0.05, 0.1) is 18.6 Å². The van der Waals surface area contributed by atoms with Crippen molar-refractivity contribution in [3.63, 3.8) is 0 Å². The molecule has 1 aromatic rings. The maximum atomic E-state index is 11.6. The van der Waals surface area contributed by atoms with Crippen molar-refractivity contribution in [2.75, 3.05) is 6.61 Å². The number of hydrogen-bond acceptors (Lipinski definition) is 3. The molecule has 0 amide bonds. The molecular formula is C29H48O3. The monoisotopic (exact) mass is 444 g/mol. The Kier molecular flexibility index (Phi) is 15.2. The minimum absolute atomic E-state index is 0.0465. The van der Waals surface area contributed by atoms with Crippen LogP contribution in [0.1, 0.15) is 122 Å². The fraction of sp³-hybridized carbons (Fsp3) is 0.759. The Labute approximate surface area is 197 Å². The molecule has 3 nitrogen and oxygen atoms in total. The second-order valence-electron chi connectivity index (χ2n) is 9.72. The van der Waals surface area contributed by atoms with E-state index in [4.69, 9.17) is 9.47 Å². The second-order valence-corrected chi connectivity index (χ2v) is 9.72. The summed E-state index contributed by atoms with van der Waals surface area (Å²) in [6, 6.07) is 10.3. The Bertz CT molecular complexity index is 571. The Morgan fingerprint density at radius 1 is 0.812 bits per heavy atom. The first kappa shape index (κ1) is 26.9. The molecule has 1 unspecified atom stereocenters. The van der Waals surface area contributed by atoms with Gasteiger partial charge in [0, 0.05) is 0 Å². The molecule has 0 N–H and O–H groups in total. The van der Waals surface area contributed by atoms with Crippen LogP contribution in [0.25, 0.3) is 0 Å². The molecule has 0 aliphatic carbocycles. The molecule has 182 valence electrons. The number of benzene rings is 1. The van der Waals surface area contributed by atoms with Gasteiger partial charge in [-0.3, -0.25) is 4.79 Å². The Morgan fingerprint density at radius 3 is 1.81 bits per heavy atom. The minimum atomic E-state index is -0.0465. The van der Waals surface area contributed by atoms with Crippen LogP contribution in [0.3, 0.4) is 0 Å². The third-order valence-corrected chi connectivity index (χ3v) is 6.77. The molecule has 0 saturated carbocycles. The van der Waals surface area contributed by atoms with Crippen molar-refractivity contribution in [2.45, 2.75) is 129 Å². The average Bonchev–Trinajstić information content (AvgIpc) is 2.82. The molecule has 32 heavy (non-hydrogen) atoms. The molecule has 3 heteroatoms. The van der Waals surface area contributed by atoms with Gasteiger partial charge in [0.25, 0.3) is 0 Å². The van der Waals surface area contributed by atoms with Crippen LogP contribution in [0.2, 0.25) is 0 Å². The van der Waals surface area contributed by atoms with Crippen LogP contribution in [-0.2, 0) is 20.9 Å². The molecule has 0 aromatic heterocycles. The quantitative estimate of drug-likeness (QED) is 0.141. The van der Waals surface area contributed by atoms with Gasteiger partial charge in [0.2, 0.25) is 0 Å². The maximum Gasteiger partial charge on any atom is 0.312 e. The summed E-state index contributed by atoms with van der Waals surface area (Å²) in [5.41, 5.74) is 1.20. The summed E-state index contributed by atoms with van der Waals surface area (Å²) >= 11 is 0. The maximum absolute atomic E-state index is 11.6.